The van der Waals surface area contributed by atoms with Gasteiger partial charge in [-0.25, -0.2) is 0 Å². The van der Waals surface area contributed by atoms with Gasteiger partial charge in [0.1, 0.15) is 6.07 Å². The molecule has 3 N–H and O–H groups in total. The van der Waals surface area contributed by atoms with Crippen molar-refractivity contribution in [2.24, 2.45) is 11.7 Å². The van der Waals surface area contributed by atoms with Crippen LogP contribution in [0.15, 0.2) is 23.1 Å². The van der Waals surface area contributed by atoms with Crippen LogP contribution in [0.2, 0.25) is 0 Å². The maximum absolute atomic E-state index is 9.28. The van der Waals surface area contributed by atoms with Crippen molar-refractivity contribution in [1.82, 2.24) is 0 Å². The standard InChI is InChI=1S/C14H19N3S/c1-2-18-14-5-3-4-13(11(14)8-15)17-9-12(16)10-6-7-10/h3-5,10,12,17H,2,6-7,9,16H2,1H3. The number of nitrogens with zero attached hydrogens (tertiary/aromatic N) is 1. The zero-order valence-corrected chi connectivity index (χ0v) is 11.5. The Labute approximate surface area is 113 Å². The van der Waals surface area contributed by atoms with Crippen molar-refractivity contribution in [2.45, 2.75) is 30.7 Å². The number of hydrogen-bond donors (Lipinski definition) is 2. The largest absolute Gasteiger partial charge is 0.382 e. The van der Waals surface area contributed by atoms with Crippen LogP contribution in [0, 0.1) is 17.2 Å². The third-order valence-corrected chi connectivity index (χ3v) is 4.13. The highest BCUT2D eigenvalue weighted by molar-refractivity contribution is 7.99. The van der Waals surface area contributed by atoms with Gasteiger partial charge in [-0.3, -0.25) is 0 Å². The number of nitrogens with two attached hydrogens (primary N) is 1. The highest BCUT2D eigenvalue weighted by Gasteiger charge is 2.28. The van der Waals surface area contributed by atoms with E-state index < -0.39 is 0 Å². The van der Waals surface area contributed by atoms with Crippen LogP contribution in [0.5, 0.6) is 0 Å². The van der Waals surface area contributed by atoms with Crippen molar-refractivity contribution in [1.29, 1.82) is 5.26 Å². The van der Waals surface area contributed by atoms with Crippen LogP contribution in [-0.2, 0) is 0 Å². The van der Waals surface area contributed by atoms with Crippen LogP contribution in [0.3, 0.4) is 0 Å². The highest BCUT2D eigenvalue weighted by atomic mass is 32.2. The van der Waals surface area contributed by atoms with Gasteiger partial charge in [-0.2, -0.15) is 5.26 Å². The van der Waals surface area contributed by atoms with E-state index >= 15 is 0 Å². The van der Waals surface area contributed by atoms with Crippen LogP contribution >= 0.6 is 11.8 Å². The highest BCUT2D eigenvalue weighted by Crippen LogP contribution is 2.32. The maximum atomic E-state index is 9.28. The summed E-state index contributed by atoms with van der Waals surface area (Å²) in [5, 5.41) is 12.6. The fourth-order valence-corrected chi connectivity index (χ4v) is 2.77. The van der Waals surface area contributed by atoms with E-state index in [0.717, 1.165) is 28.4 Å². The Morgan fingerprint density at radius 1 is 1.56 bits per heavy atom. The van der Waals surface area contributed by atoms with E-state index in [1.54, 1.807) is 11.8 Å². The molecule has 0 spiro atoms. The Bertz CT molecular complexity index is 449. The van der Waals surface area contributed by atoms with Crippen LogP contribution in [0.25, 0.3) is 0 Å². The molecule has 0 amide bonds. The average Bonchev–Trinajstić information content (AvgIpc) is 3.20. The summed E-state index contributed by atoms with van der Waals surface area (Å²) in [6, 6.07) is 8.45. The number of nitriles is 1. The fraction of sp³-hybridized carbons (Fsp3) is 0.500. The molecule has 1 aliphatic carbocycles. The lowest BCUT2D eigenvalue weighted by atomic mass is 10.1. The minimum Gasteiger partial charge on any atom is -0.382 e. The molecule has 2 rings (SSSR count). The van der Waals surface area contributed by atoms with Crippen molar-refractivity contribution in [3.05, 3.63) is 23.8 Å². The summed E-state index contributed by atoms with van der Waals surface area (Å²) < 4.78 is 0. The molecular weight excluding hydrogens is 242 g/mol. The summed E-state index contributed by atoms with van der Waals surface area (Å²) in [4.78, 5) is 1.05. The first-order valence-electron chi connectivity index (χ1n) is 6.41. The maximum Gasteiger partial charge on any atom is 0.102 e. The number of thioether (sulfide) groups is 1. The summed E-state index contributed by atoms with van der Waals surface area (Å²) >= 11 is 1.70. The second-order valence-electron chi connectivity index (χ2n) is 4.61. The molecule has 4 heteroatoms. The van der Waals surface area contributed by atoms with E-state index in [2.05, 4.69) is 18.3 Å². The lowest BCUT2D eigenvalue weighted by Gasteiger charge is -2.15. The third-order valence-electron chi connectivity index (χ3n) is 3.19. The van der Waals surface area contributed by atoms with Gasteiger partial charge >= 0.3 is 0 Å². The van der Waals surface area contributed by atoms with Gasteiger partial charge in [0.15, 0.2) is 0 Å². The predicted octanol–water partition coefficient (Wildman–Crippen LogP) is 2.82. The quantitative estimate of drug-likeness (QED) is 0.773. The number of anilines is 1. The van der Waals surface area contributed by atoms with Gasteiger partial charge in [0.05, 0.1) is 11.3 Å². The Hall–Kier alpha value is -1.18. The topological polar surface area (TPSA) is 61.8 Å². The molecule has 1 aliphatic rings. The minimum absolute atomic E-state index is 0.207. The van der Waals surface area contributed by atoms with Crippen molar-refractivity contribution in [3.8, 4) is 6.07 Å². The molecule has 1 aromatic rings. The Balaban J connectivity index is 2.06. The average molecular weight is 261 g/mol. The molecule has 3 nitrogen and oxygen atoms in total. The number of benzene rings is 1. The second-order valence-corrected chi connectivity index (χ2v) is 5.91. The molecule has 18 heavy (non-hydrogen) atoms. The first-order valence-corrected chi connectivity index (χ1v) is 7.40. The Morgan fingerprint density at radius 3 is 2.94 bits per heavy atom. The number of rotatable bonds is 6. The van der Waals surface area contributed by atoms with Crippen molar-refractivity contribution in [3.63, 3.8) is 0 Å². The molecular formula is C14H19N3S. The molecule has 1 fully saturated rings. The molecule has 1 atom stereocenters. The van der Waals surface area contributed by atoms with Crippen molar-refractivity contribution >= 4 is 17.4 Å². The van der Waals surface area contributed by atoms with E-state index in [9.17, 15) is 5.26 Å². The summed E-state index contributed by atoms with van der Waals surface area (Å²) in [6.45, 7) is 2.84. The Morgan fingerprint density at radius 2 is 2.33 bits per heavy atom. The zero-order chi connectivity index (χ0) is 13.0. The van der Waals surface area contributed by atoms with Gasteiger partial charge in [0.2, 0.25) is 0 Å². The third kappa shape index (κ3) is 3.18. The van der Waals surface area contributed by atoms with Crippen LogP contribution in [0.4, 0.5) is 5.69 Å². The second kappa shape index (κ2) is 6.12. The van der Waals surface area contributed by atoms with E-state index in [1.807, 2.05) is 18.2 Å². The summed E-state index contributed by atoms with van der Waals surface area (Å²) in [5.41, 5.74) is 7.72. The summed E-state index contributed by atoms with van der Waals surface area (Å²) in [7, 11) is 0. The molecule has 96 valence electrons. The van der Waals surface area contributed by atoms with Crippen LogP contribution in [-0.4, -0.2) is 18.3 Å². The number of nitrogens with one attached hydrogen (secondary N) is 1. The van der Waals surface area contributed by atoms with Gasteiger partial charge in [0.25, 0.3) is 0 Å². The molecule has 1 saturated carbocycles. The zero-order valence-electron chi connectivity index (χ0n) is 10.6. The van der Waals surface area contributed by atoms with Crippen molar-refractivity contribution < 1.29 is 0 Å². The monoisotopic (exact) mass is 261 g/mol. The molecule has 0 radical (unpaired) electrons. The van der Waals surface area contributed by atoms with E-state index in [4.69, 9.17) is 5.73 Å². The minimum atomic E-state index is 0.207. The lowest BCUT2D eigenvalue weighted by molar-refractivity contribution is 0.621. The van der Waals surface area contributed by atoms with Gasteiger partial charge in [0, 0.05) is 17.5 Å². The Kier molecular flexibility index (Phi) is 4.51. The molecule has 1 aromatic carbocycles. The SMILES string of the molecule is CCSc1cccc(NCC(N)C2CC2)c1C#N. The molecule has 0 saturated heterocycles. The normalized spacial score (nSPS) is 16.1. The first-order chi connectivity index (χ1) is 8.76. The fourth-order valence-electron chi connectivity index (χ4n) is 1.99. The van der Waals surface area contributed by atoms with Crippen molar-refractivity contribution in [2.75, 3.05) is 17.6 Å². The molecule has 0 aliphatic heterocycles. The van der Waals surface area contributed by atoms with Crippen LogP contribution < -0.4 is 11.1 Å². The summed E-state index contributed by atoms with van der Waals surface area (Å²) in [5.74, 6) is 1.65. The van der Waals surface area contributed by atoms with E-state index in [1.165, 1.54) is 12.8 Å². The van der Waals surface area contributed by atoms with E-state index in [0.29, 0.717) is 5.92 Å². The summed E-state index contributed by atoms with van der Waals surface area (Å²) in [6.07, 6.45) is 2.50. The predicted molar refractivity (Wildman–Crippen MR) is 76.7 cm³/mol. The van der Waals surface area contributed by atoms with Gasteiger partial charge < -0.3 is 11.1 Å². The molecule has 0 aromatic heterocycles. The van der Waals surface area contributed by atoms with Gasteiger partial charge in [-0.15, -0.1) is 11.8 Å². The van der Waals surface area contributed by atoms with Gasteiger partial charge in [-0.05, 0) is 36.6 Å². The van der Waals surface area contributed by atoms with Gasteiger partial charge in [-0.1, -0.05) is 13.0 Å². The molecule has 0 heterocycles. The molecule has 1 unspecified atom stereocenters. The van der Waals surface area contributed by atoms with E-state index in [-0.39, 0.29) is 6.04 Å². The molecule has 0 bridgehead atoms. The number of hydrogen-bond acceptors (Lipinski definition) is 4. The first kappa shape index (κ1) is 13.3. The van der Waals surface area contributed by atoms with Crippen LogP contribution in [0.1, 0.15) is 25.3 Å². The smallest absolute Gasteiger partial charge is 0.102 e. The lowest BCUT2D eigenvalue weighted by Crippen LogP contribution is -2.31.